The minimum Gasteiger partial charge on any atom is -0.496 e. The van der Waals surface area contributed by atoms with Gasteiger partial charge in [0.2, 0.25) is 0 Å². The number of hydrazine groups is 1. The first-order valence-corrected chi connectivity index (χ1v) is 5.69. The monoisotopic (exact) mass is 238 g/mol. The predicted molar refractivity (Wildman–Crippen MR) is 69.0 cm³/mol. The highest BCUT2D eigenvalue weighted by atomic mass is 16.5. The average Bonchev–Trinajstić information content (AvgIpc) is 2.33. The normalized spacial score (nSPS) is 14.5. The van der Waals surface area contributed by atoms with Crippen LogP contribution in [0.25, 0.3) is 0 Å². The van der Waals surface area contributed by atoms with Gasteiger partial charge in [0.05, 0.1) is 19.3 Å². The third-order valence-electron chi connectivity index (χ3n) is 3.14. The Bertz CT molecular complexity index is 380. The summed E-state index contributed by atoms with van der Waals surface area (Å²) in [5.74, 6) is 6.51. The fourth-order valence-electron chi connectivity index (χ4n) is 1.98. The molecule has 0 amide bonds. The van der Waals surface area contributed by atoms with Crippen molar-refractivity contribution < 1.29 is 9.47 Å². The minimum absolute atomic E-state index is 0.00601. The van der Waals surface area contributed by atoms with Crippen molar-refractivity contribution in [1.82, 2.24) is 5.43 Å². The molecule has 1 aromatic carbocycles. The average molecular weight is 238 g/mol. The summed E-state index contributed by atoms with van der Waals surface area (Å²) in [4.78, 5) is 0. The van der Waals surface area contributed by atoms with Crippen LogP contribution in [0.1, 0.15) is 29.7 Å². The van der Waals surface area contributed by atoms with Crippen LogP contribution in [-0.2, 0) is 4.74 Å². The SMILES string of the molecule is COc1cc(C)c(C(NN)C(C)OC)cc1C. The van der Waals surface area contributed by atoms with Crippen molar-refractivity contribution in [1.29, 1.82) is 0 Å². The smallest absolute Gasteiger partial charge is 0.122 e. The van der Waals surface area contributed by atoms with Gasteiger partial charge in [-0.15, -0.1) is 0 Å². The second-order valence-corrected chi connectivity index (χ2v) is 4.26. The van der Waals surface area contributed by atoms with E-state index in [9.17, 15) is 0 Å². The zero-order valence-electron chi connectivity index (χ0n) is 11.2. The van der Waals surface area contributed by atoms with Gasteiger partial charge in [-0.05, 0) is 43.5 Å². The lowest BCUT2D eigenvalue weighted by Crippen LogP contribution is -2.36. The van der Waals surface area contributed by atoms with Gasteiger partial charge in [-0.25, -0.2) is 0 Å². The molecule has 4 heteroatoms. The molecule has 0 saturated carbocycles. The van der Waals surface area contributed by atoms with Crippen molar-refractivity contribution in [3.63, 3.8) is 0 Å². The second-order valence-electron chi connectivity index (χ2n) is 4.26. The molecule has 0 fully saturated rings. The number of rotatable bonds is 5. The highest BCUT2D eigenvalue weighted by molar-refractivity contribution is 5.43. The lowest BCUT2D eigenvalue weighted by Gasteiger charge is -2.25. The number of benzene rings is 1. The van der Waals surface area contributed by atoms with Crippen LogP contribution in [0.4, 0.5) is 0 Å². The Morgan fingerprint density at radius 2 is 1.82 bits per heavy atom. The number of aryl methyl sites for hydroxylation is 2. The number of ether oxygens (including phenoxy) is 2. The van der Waals surface area contributed by atoms with Crippen LogP contribution in [0.3, 0.4) is 0 Å². The first-order valence-electron chi connectivity index (χ1n) is 5.69. The van der Waals surface area contributed by atoms with E-state index in [1.54, 1.807) is 14.2 Å². The summed E-state index contributed by atoms with van der Waals surface area (Å²) in [6, 6.07) is 4.09. The van der Waals surface area contributed by atoms with E-state index in [1.165, 1.54) is 0 Å². The Morgan fingerprint density at radius 1 is 1.18 bits per heavy atom. The summed E-state index contributed by atoms with van der Waals surface area (Å²) in [6.07, 6.45) is 0.00601. The first kappa shape index (κ1) is 14.0. The molecule has 0 aliphatic heterocycles. The van der Waals surface area contributed by atoms with E-state index in [1.807, 2.05) is 26.8 Å². The largest absolute Gasteiger partial charge is 0.496 e. The number of hydrogen-bond acceptors (Lipinski definition) is 4. The van der Waals surface area contributed by atoms with Gasteiger partial charge in [-0.3, -0.25) is 11.3 Å². The molecule has 2 atom stereocenters. The predicted octanol–water partition coefficient (Wildman–Crippen LogP) is 1.85. The molecule has 0 bridgehead atoms. The summed E-state index contributed by atoms with van der Waals surface area (Å²) in [6.45, 7) is 6.06. The molecule has 96 valence electrons. The highest BCUT2D eigenvalue weighted by Gasteiger charge is 2.20. The molecule has 0 radical (unpaired) electrons. The summed E-state index contributed by atoms with van der Waals surface area (Å²) < 4.78 is 10.6. The van der Waals surface area contributed by atoms with Gasteiger partial charge in [0.25, 0.3) is 0 Å². The van der Waals surface area contributed by atoms with Gasteiger partial charge in [-0.2, -0.15) is 0 Å². The van der Waals surface area contributed by atoms with Crippen LogP contribution in [0.5, 0.6) is 5.75 Å². The summed E-state index contributed by atoms with van der Waals surface area (Å²) in [5, 5.41) is 0. The topological polar surface area (TPSA) is 56.5 Å². The maximum Gasteiger partial charge on any atom is 0.122 e. The number of methoxy groups -OCH3 is 2. The molecular weight excluding hydrogens is 216 g/mol. The Labute approximate surface area is 103 Å². The summed E-state index contributed by atoms with van der Waals surface area (Å²) in [5.41, 5.74) is 6.18. The summed E-state index contributed by atoms with van der Waals surface area (Å²) in [7, 11) is 3.36. The lowest BCUT2D eigenvalue weighted by molar-refractivity contribution is 0.0828. The van der Waals surface area contributed by atoms with E-state index in [-0.39, 0.29) is 12.1 Å². The molecule has 0 spiro atoms. The second kappa shape index (κ2) is 6.00. The maximum absolute atomic E-state index is 5.61. The Morgan fingerprint density at radius 3 is 2.29 bits per heavy atom. The van der Waals surface area contributed by atoms with E-state index in [0.29, 0.717) is 0 Å². The van der Waals surface area contributed by atoms with Crippen LogP contribution < -0.4 is 16.0 Å². The van der Waals surface area contributed by atoms with Crippen LogP contribution in [-0.4, -0.2) is 20.3 Å². The fourth-order valence-corrected chi connectivity index (χ4v) is 1.98. The van der Waals surface area contributed by atoms with Gasteiger partial charge in [0.1, 0.15) is 5.75 Å². The Kier molecular flexibility index (Phi) is 4.93. The van der Waals surface area contributed by atoms with E-state index in [4.69, 9.17) is 15.3 Å². The van der Waals surface area contributed by atoms with Crippen LogP contribution in [0.15, 0.2) is 12.1 Å². The third-order valence-corrected chi connectivity index (χ3v) is 3.14. The van der Waals surface area contributed by atoms with Crippen LogP contribution in [0, 0.1) is 13.8 Å². The quantitative estimate of drug-likeness (QED) is 0.607. The van der Waals surface area contributed by atoms with Gasteiger partial charge in [0.15, 0.2) is 0 Å². The zero-order chi connectivity index (χ0) is 13.0. The number of nitrogens with two attached hydrogens (primary N) is 1. The van der Waals surface area contributed by atoms with E-state index in [2.05, 4.69) is 11.5 Å². The van der Waals surface area contributed by atoms with Crippen LogP contribution in [0.2, 0.25) is 0 Å². The molecule has 0 heterocycles. The Balaban J connectivity index is 3.16. The maximum atomic E-state index is 5.61. The molecule has 1 rings (SSSR count). The van der Waals surface area contributed by atoms with Crippen molar-refractivity contribution in [3.05, 3.63) is 28.8 Å². The molecular formula is C13H22N2O2. The van der Waals surface area contributed by atoms with E-state index in [0.717, 1.165) is 22.4 Å². The molecule has 0 aliphatic carbocycles. The molecule has 0 aliphatic rings. The van der Waals surface area contributed by atoms with Crippen LogP contribution >= 0.6 is 0 Å². The molecule has 3 N–H and O–H groups in total. The molecule has 17 heavy (non-hydrogen) atoms. The molecule has 0 saturated heterocycles. The third kappa shape index (κ3) is 2.97. The molecule has 1 aromatic rings. The lowest BCUT2D eigenvalue weighted by atomic mass is 9.95. The van der Waals surface area contributed by atoms with Crippen molar-refractivity contribution in [2.45, 2.75) is 32.9 Å². The van der Waals surface area contributed by atoms with Gasteiger partial charge < -0.3 is 9.47 Å². The van der Waals surface area contributed by atoms with Gasteiger partial charge in [-0.1, -0.05) is 6.07 Å². The van der Waals surface area contributed by atoms with E-state index >= 15 is 0 Å². The highest BCUT2D eigenvalue weighted by Crippen LogP contribution is 2.28. The molecule has 2 unspecified atom stereocenters. The minimum atomic E-state index is -0.0235. The van der Waals surface area contributed by atoms with E-state index < -0.39 is 0 Å². The number of hydrogen-bond donors (Lipinski definition) is 2. The van der Waals surface area contributed by atoms with Gasteiger partial charge in [0, 0.05) is 7.11 Å². The van der Waals surface area contributed by atoms with Crippen molar-refractivity contribution >= 4 is 0 Å². The number of nitrogens with one attached hydrogen (secondary N) is 1. The fraction of sp³-hybridized carbons (Fsp3) is 0.538. The molecule has 0 aromatic heterocycles. The summed E-state index contributed by atoms with van der Waals surface area (Å²) >= 11 is 0. The molecule has 4 nitrogen and oxygen atoms in total. The van der Waals surface area contributed by atoms with Crippen molar-refractivity contribution in [2.24, 2.45) is 5.84 Å². The zero-order valence-corrected chi connectivity index (χ0v) is 11.2. The first-order chi connectivity index (χ1) is 8.04. The standard InChI is InChI=1S/C13H22N2O2/c1-8-7-12(17-5)9(2)6-11(8)13(15-14)10(3)16-4/h6-7,10,13,15H,14H2,1-5H3. The Hall–Kier alpha value is -1.10. The van der Waals surface area contributed by atoms with Gasteiger partial charge >= 0.3 is 0 Å². The van der Waals surface area contributed by atoms with Crippen molar-refractivity contribution in [3.8, 4) is 5.75 Å². The van der Waals surface area contributed by atoms with Crippen molar-refractivity contribution in [2.75, 3.05) is 14.2 Å².